The molecule has 4 aliphatic rings. The Labute approximate surface area is 755 Å². The van der Waals surface area contributed by atoms with Crippen molar-refractivity contribution >= 4 is 135 Å². The standard InChI is InChI=1S/C120H101BN6/c1-116(2,3)80-66-89(76-38-18-14-19-39-76)114(90(67-80)77-40-20-15-21-41-77)126-109-74-85(122-101-52-32-26-46-87(101)93-72-83(60-64-103(93)122)124-105-54-34-28-48-95(105)119(10,11)96-49-29-35-55-106(96)124)58-62-99(109)121-100-63-59-86(123-102-53-33-27-47-88(102)94-73-84(61-65-104(94)123)125-107-56-36-30-50-97(107)120(12,13)98-51-31-37-57-108(98)125)75-110(100)127(112-71-82(118(7,8)9)70-111(126)113(112)121)115-91(78-42-22-16-23-43-78)68-81(117(4,5)6)69-92(115)79-44-24-17-25-45-79/h14-75H,1-13H3/i58D,59D,62D,63D,74D,75D. The molecule has 2 aromatic heterocycles. The smallest absolute Gasteiger partial charge is 0.252 e. The Kier molecular flexibility index (Phi) is 16.0. The van der Waals surface area contributed by atoms with Crippen molar-refractivity contribution < 1.29 is 8.22 Å². The van der Waals surface area contributed by atoms with E-state index in [0.29, 0.717) is 39.1 Å². The third-order valence-electron chi connectivity index (χ3n) is 27.7. The molecule has 0 saturated carbocycles. The van der Waals surface area contributed by atoms with E-state index < -0.39 is 23.0 Å². The molecule has 0 radical (unpaired) electrons. The molecule has 127 heavy (non-hydrogen) atoms. The lowest BCUT2D eigenvalue weighted by Crippen LogP contribution is -2.61. The fourth-order valence-corrected chi connectivity index (χ4v) is 21.2. The Morgan fingerprint density at radius 1 is 0.252 bits per heavy atom. The molecular formula is C120H101BN6. The van der Waals surface area contributed by atoms with Crippen LogP contribution in [0, 0.1) is 0 Å². The number of para-hydroxylation sites is 6. The van der Waals surface area contributed by atoms with E-state index in [0.717, 1.165) is 150 Å². The zero-order valence-electron chi connectivity index (χ0n) is 80.1. The number of hydrogen-bond acceptors (Lipinski definition) is 4. The zero-order valence-corrected chi connectivity index (χ0v) is 74.1. The summed E-state index contributed by atoms with van der Waals surface area (Å²) in [5, 5.41) is 3.63. The quantitative estimate of drug-likeness (QED) is 0.127. The largest absolute Gasteiger partial charge is 0.310 e. The second-order valence-corrected chi connectivity index (χ2v) is 39.2. The molecular weight excluding hydrogens is 1540 g/mol. The van der Waals surface area contributed by atoms with Gasteiger partial charge in [0.2, 0.25) is 0 Å². The van der Waals surface area contributed by atoms with Crippen LogP contribution >= 0.6 is 0 Å². The van der Waals surface area contributed by atoms with Gasteiger partial charge in [-0.25, -0.2) is 0 Å². The van der Waals surface area contributed by atoms with Crippen LogP contribution in [0.25, 0.3) is 99.5 Å². The van der Waals surface area contributed by atoms with Gasteiger partial charge in [0.25, 0.3) is 6.71 Å². The first-order chi connectivity index (χ1) is 64.0. The first kappa shape index (κ1) is 70.9. The molecule has 0 unspecified atom stereocenters. The number of aromatic nitrogens is 2. The first-order valence-corrected chi connectivity index (χ1v) is 44.7. The number of rotatable bonds is 10. The van der Waals surface area contributed by atoms with E-state index in [1.165, 1.54) is 22.3 Å². The van der Waals surface area contributed by atoms with Crippen LogP contribution in [0.2, 0.25) is 0 Å². The molecule has 4 aliphatic heterocycles. The summed E-state index contributed by atoms with van der Waals surface area (Å²) < 4.78 is 75.0. The zero-order chi connectivity index (χ0) is 91.7. The van der Waals surface area contributed by atoms with Crippen molar-refractivity contribution in [3.8, 4) is 55.9 Å². The van der Waals surface area contributed by atoms with E-state index in [-0.39, 0.29) is 58.5 Å². The van der Waals surface area contributed by atoms with Gasteiger partial charge in [0.05, 0.1) is 64.4 Å². The predicted octanol–water partition coefficient (Wildman–Crippen LogP) is 30.7. The van der Waals surface area contributed by atoms with Crippen molar-refractivity contribution in [3.05, 3.63) is 415 Å². The van der Waals surface area contributed by atoms with Gasteiger partial charge in [0.15, 0.2) is 0 Å². The second-order valence-electron chi connectivity index (χ2n) is 39.2. The molecule has 0 bridgehead atoms. The van der Waals surface area contributed by atoms with Gasteiger partial charge in [-0.2, -0.15) is 0 Å². The topological polar surface area (TPSA) is 22.8 Å². The molecule has 6 heterocycles. The lowest BCUT2D eigenvalue weighted by atomic mass is 9.33. The summed E-state index contributed by atoms with van der Waals surface area (Å²) in [6, 6.07) is 120. The molecule has 0 fully saturated rings. The normalized spacial score (nSPS) is 14.9. The molecule has 0 spiro atoms. The lowest BCUT2D eigenvalue weighted by molar-refractivity contribution is 0.590. The van der Waals surface area contributed by atoms with E-state index >= 15 is 0 Å². The summed E-state index contributed by atoms with van der Waals surface area (Å²) in [7, 11) is 0. The van der Waals surface area contributed by atoms with Crippen molar-refractivity contribution in [2.24, 2.45) is 0 Å². The number of benzene rings is 17. The van der Waals surface area contributed by atoms with Gasteiger partial charge >= 0.3 is 0 Å². The summed E-state index contributed by atoms with van der Waals surface area (Å²) in [4.78, 5) is 9.35. The molecule has 0 atom stereocenters. The monoisotopic (exact) mass is 1640 g/mol. The number of hydrogen-bond donors (Lipinski definition) is 0. The van der Waals surface area contributed by atoms with Crippen LogP contribution in [0.4, 0.5) is 68.2 Å². The highest BCUT2D eigenvalue weighted by atomic mass is 15.2. The van der Waals surface area contributed by atoms with E-state index in [1.807, 2.05) is 12.1 Å². The molecule has 7 heteroatoms. The minimum Gasteiger partial charge on any atom is -0.310 e. The van der Waals surface area contributed by atoms with E-state index in [9.17, 15) is 8.22 Å². The summed E-state index contributed by atoms with van der Waals surface area (Å²) in [5.41, 5.74) is 27.7. The van der Waals surface area contributed by atoms with Gasteiger partial charge in [-0.15, -0.1) is 0 Å². The van der Waals surface area contributed by atoms with Crippen molar-refractivity contribution in [2.45, 2.75) is 117 Å². The molecule has 17 aromatic carbocycles. The first-order valence-electron chi connectivity index (χ1n) is 47.7. The number of anilines is 12. The molecule has 23 rings (SSSR count). The minimum atomic E-state index is -1.19. The van der Waals surface area contributed by atoms with Crippen LogP contribution in [-0.2, 0) is 27.1 Å². The summed E-state index contributed by atoms with van der Waals surface area (Å²) in [6.45, 7) is 28.4. The summed E-state index contributed by atoms with van der Waals surface area (Å²) in [6.07, 6.45) is 0. The maximum atomic E-state index is 12.2. The van der Waals surface area contributed by atoms with Crippen molar-refractivity contribution in [3.63, 3.8) is 0 Å². The van der Waals surface area contributed by atoms with Crippen LogP contribution in [0.3, 0.4) is 0 Å². The van der Waals surface area contributed by atoms with Crippen LogP contribution < -0.4 is 36.0 Å². The van der Waals surface area contributed by atoms with Gasteiger partial charge in [-0.3, -0.25) is 0 Å². The third-order valence-corrected chi connectivity index (χ3v) is 27.7. The lowest BCUT2D eigenvalue weighted by Gasteiger charge is -2.47. The third kappa shape index (κ3) is 12.0. The van der Waals surface area contributed by atoms with Crippen LogP contribution in [-0.4, -0.2) is 15.8 Å². The van der Waals surface area contributed by atoms with E-state index in [4.69, 9.17) is 0 Å². The fraction of sp³-hybridized carbons (Fsp3) is 0.150. The highest BCUT2D eigenvalue weighted by Gasteiger charge is 2.48. The van der Waals surface area contributed by atoms with E-state index in [1.54, 1.807) is 0 Å². The minimum absolute atomic E-state index is 0.0140. The maximum absolute atomic E-state index is 12.2. The SMILES string of the molecule is [2H]c1c([2H])c(-n2c3ccccc3c3cc(N4c5ccccc5C(C)(C)c5ccccc54)ccc32)c([2H])c2c1B1c3c(cc(C(C)(C)C)cc3N(c3c(-c4ccccc4)cc(C(C)(C)C)cc3-c3ccccc3)c3c([2H])c(-n4c5ccccc5c5cc(N6c7ccccc7C(C)(C)c7ccccc76)ccc54)c([2H])c([2H])c31)N2c1c(-c2ccccc2)cc(C(C)(C)C)cc1-c1ccccc1. The average Bonchev–Trinajstić information content (AvgIpc) is 1.23. The Morgan fingerprint density at radius 3 is 0.858 bits per heavy atom. The van der Waals surface area contributed by atoms with Gasteiger partial charge in [-0.1, -0.05) is 333 Å². The van der Waals surface area contributed by atoms with Gasteiger partial charge in [0, 0.05) is 100 Å². The molecule has 614 valence electrons. The molecule has 0 N–H and O–H groups in total. The highest BCUT2D eigenvalue weighted by molar-refractivity contribution is 7.00. The average molecular weight is 1640 g/mol. The second kappa shape index (κ2) is 28.6. The predicted molar refractivity (Wildman–Crippen MR) is 541 cm³/mol. The molecule has 6 nitrogen and oxygen atoms in total. The Bertz CT molecular complexity index is 7430. The Hall–Kier alpha value is -14.4. The fourth-order valence-electron chi connectivity index (χ4n) is 21.2. The number of nitrogens with zero attached hydrogens (tertiary/aromatic N) is 6. The molecule has 0 aliphatic carbocycles. The molecule has 0 saturated heterocycles. The van der Waals surface area contributed by atoms with E-state index in [2.05, 4.69) is 446 Å². The molecule has 19 aromatic rings. The van der Waals surface area contributed by atoms with Crippen molar-refractivity contribution in [2.75, 3.05) is 19.6 Å². The Balaban J connectivity index is 0.880. The maximum Gasteiger partial charge on any atom is 0.252 e. The highest BCUT2D eigenvalue weighted by Crippen LogP contribution is 2.59. The van der Waals surface area contributed by atoms with Gasteiger partial charge < -0.3 is 28.7 Å². The van der Waals surface area contributed by atoms with Gasteiger partial charge in [0.1, 0.15) is 0 Å². The number of fused-ring (bicyclic) bond motifs is 14. The van der Waals surface area contributed by atoms with Crippen LogP contribution in [0.1, 0.15) is 137 Å². The van der Waals surface area contributed by atoms with Crippen LogP contribution in [0.15, 0.2) is 376 Å². The van der Waals surface area contributed by atoms with Crippen molar-refractivity contribution in [1.82, 2.24) is 9.13 Å². The Morgan fingerprint density at radius 2 is 0.535 bits per heavy atom. The summed E-state index contributed by atoms with van der Waals surface area (Å²) >= 11 is 0. The molecule has 0 amide bonds. The van der Waals surface area contributed by atoms with Crippen LogP contribution in [0.5, 0.6) is 0 Å². The summed E-state index contributed by atoms with van der Waals surface area (Å²) in [5.74, 6) is 0. The van der Waals surface area contributed by atoms with Crippen molar-refractivity contribution in [1.29, 1.82) is 0 Å². The van der Waals surface area contributed by atoms with Gasteiger partial charge in [-0.05, 0) is 227 Å².